The fraction of sp³-hybridized carbons (Fsp3) is 0.182. The summed E-state index contributed by atoms with van der Waals surface area (Å²) in [5, 5.41) is 6.43. The molecule has 0 bridgehead atoms. The number of benzene rings is 1. The number of nitrogens with zero attached hydrogens (tertiary/aromatic N) is 4. The minimum atomic E-state index is -5.02. The van der Waals surface area contributed by atoms with E-state index in [1.165, 1.54) is 25.5 Å². The minimum Gasteiger partial charge on any atom is -0.442 e. The van der Waals surface area contributed by atoms with Crippen molar-refractivity contribution < 1.29 is 35.6 Å². The maximum Gasteiger partial charge on any atom is 0.416 e. The quantitative estimate of drug-likeness (QED) is 0.352. The lowest BCUT2D eigenvalue weighted by Gasteiger charge is -2.20. The van der Waals surface area contributed by atoms with Crippen LogP contribution in [0, 0.1) is 0 Å². The summed E-state index contributed by atoms with van der Waals surface area (Å²) >= 11 is 0. The standard InChI is InChI=1S/C22H15F6N5O2/c1-12(15-6-5-13(21(23,24)25)8-16(15)22(26,27)28)33-10-14(9-30-33)31-19(34)18-11-35-20(32-18)17-4-2-3-7-29-17/h2-12H,1H3,(H,31,34)/t12-/m1/s1. The van der Waals surface area contributed by atoms with E-state index < -0.39 is 41.0 Å². The summed E-state index contributed by atoms with van der Waals surface area (Å²) < 4.78 is 85.7. The predicted octanol–water partition coefficient (Wildman–Crippen LogP) is 5.83. The van der Waals surface area contributed by atoms with Gasteiger partial charge in [0.25, 0.3) is 5.91 Å². The predicted molar refractivity (Wildman–Crippen MR) is 110 cm³/mol. The second kappa shape index (κ2) is 8.89. The molecule has 1 amide bonds. The summed E-state index contributed by atoms with van der Waals surface area (Å²) in [6.07, 6.45) is -4.87. The first-order chi connectivity index (χ1) is 16.4. The highest BCUT2D eigenvalue weighted by molar-refractivity contribution is 6.02. The third-order valence-corrected chi connectivity index (χ3v) is 5.01. The second-order valence-electron chi connectivity index (χ2n) is 7.39. The second-order valence-corrected chi connectivity index (χ2v) is 7.39. The molecule has 0 fully saturated rings. The van der Waals surface area contributed by atoms with Crippen LogP contribution in [0.25, 0.3) is 11.6 Å². The SMILES string of the molecule is C[C@H](c1ccc(C(F)(F)F)cc1C(F)(F)F)n1cc(NC(=O)c2coc(-c3ccccn3)n2)cn1. The molecular weight excluding hydrogens is 480 g/mol. The first-order valence-corrected chi connectivity index (χ1v) is 9.94. The highest BCUT2D eigenvalue weighted by Gasteiger charge is 2.39. The molecule has 0 spiro atoms. The first-order valence-electron chi connectivity index (χ1n) is 9.94. The van der Waals surface area contributed by atoms with Crippen LogP contribution in [-0.2, 0) is 12.4 Å². The number of hydrogen-bond donors (Lipinski definition) is 1. The van der Waals surface area contributed by atoms with Gasteiger partial charge in [-0.1, -0.05) is 12.1 Å². The molecule has 0 aliphatic carbocycles. The van der Waals surface area contributed by atoms with E-state index in [9.17, 15) is 31.1 Å². The van der Waals surface area contributed by atoms with Crippen molar-refractivity contribution in [1.82, 2.24) is 19.7 Å². The maximum atomic E-state index is 13.5. The first kappa shape index (κ1) is 24.0. The summed E-state index contributed by atoms with van der Waals surface area (Å²) in [6, 6.07) is 5.37. The molecule has 0 saturated carbocycles. The highest BCUT2D eigenvalue weighted by Crippen LogP contribution is 2.39. The Labute approximate surface area is 193 Å². The Bertz CT molecular complexity index is 1340. The van der Waals surface area contributed by atoms with Crippen LogP contribution >= 0.6 is 0 Å². The van der Waals surface area contributed by atoms with Crippen LogP contribution in [0.1, 0.15) is 40.1 Å². The molecule has 0 radical (unpaired) electrons. The molecule has 1 aromatic carbocycles. The molecule has 182 valence electrons. The topological polar surface area (TPSA) is 85.8 Å². The Kier molecular flexibility index (Phi) is 6.09. The summed E-state index contributed by atoms with van der Waals surface area (Å²) in [6.45, 7) is 1.34. The molecule has 0 unspecified atom stereocenters. The number of amides is 1. The van der Waals surface area contributed by atoms with Crippen molar-refractivity contribution in [2.24, 2.45) is 0 Å². The van der Waals surface area contributed by atoms with Gasteiger partial charge in [-0.2, -0.15) is 31.4 Å². The Morgan fingerprint density at radius 1 is 1.09 bits per heavy atom. The van der Waals surface area contributed by atoms with E-state index in [0.29, 0.717) is 11.8 Å². The van der Waals surface area contributed by atoms with E-state index in [-0.39, 0.29) is 23.3 Å². The van der Waals surface area contributed by atoms with E-state index >= 15 is 0 Å². The highest BCUT2D eigenvalue weighted by atomic mass is 19.4. The fourth-order valence-corrected chi connectivity index (χ4v) is 3.28. The maximum absolute atomic E-state index is 13.5. The van der Waals surface area contributed by atoms with Crippen molar-refractivity contribution in [2.45, 2.75) is 25.3 Å². The van der Waals surface area contributed by atoms with Gasteiger partial charge in [0.1, 0.15) is 12.0 Å². The van der Waals surface area contributed by atoms with Crippen molar-refractivity contribution in [3.63, 3.8) is 0 Å². The Balaban J connectivity index is 1.54. The molecule has 7 nitrogen and oxygen atoms in total. The molecule has 0 aliphatic rings. The van der Waals surface area contributed by atoms with Crippen LogP contribution in [0.3, 0.4) is 0 Å². The van der Waals surface area contributed by atoms with E-state index in [4.69, 9.17) is 4.42 Å². The number of carbonyl (C=O) groups is 1. The number of carbonyl (C=O) groups excluding carboxylic acids is 1. The molecule has 13 heteroatoms. The van der Waals surface area contributed by atoms with E-state index in [2.05, 4.69) is 20.4 Å². The van der Waals surface area contributed by atoms with Gasteiger partial charge in [0.15, 0.2) is 5.69 Å². The lowest BCUT2D eigenvalue weighted by atomic mass is 9.98. The normalized spacial score (nSPS) is 13.0. The number of oxazole rings is 1. The molecule has 35 heavy (non-hydrogen) atoms. The van der Waals surface area contributed by atoms with E-state index in [1.54, 1.807) is 18.2 Å². The number of alkyl halides is 6. The van der Waals surface area contributed by atoms with Crippen molar-refractivity contribution in [2.75, 3.05) is 5.32 Å². The molecule has 4 aromatic rings. The molecule has 0 aliphatic heterocycles. The lowest BCUT2D eigenvalue weighted by molar-refractivity contribution is -0.143. The molecule has 4 rings (SSSR count). The smallest absolute Gasteiger partial charge is 0.416 e. The monoisotopic (exact) mass is 495 g/mol. The number of halogens is 6. The summed E-state index contributed by atoms with van der Waals surface area (Å²) in [4.78, 5) is 20.6. The van der Waals surface area contributed by atoms with Gasteiger partial charge in [-0.15, -0.1) is 0 Å². The van der Waals surface area contributed by atoms with Crippen LogP contribution in [-0.4, -0.2) is 25.7 Å². The Hall–Kier alpha value is -4.16. The fourth-order valence-electron chi connectivity index (χ4n) is 3.28. The number of hydrogen-bond acceptors (Lipinski definition) is 5. The molecule has 1 atom stereocenters. The van der Waals surface area contributed by atoms with Crippen LogP contribution in [0.5, 0.6) is 0 Å². The van der Waals surface area contributed by atoms with Gasteiger partial charge in [-0.05, 0) is 36.8 Å². The van der Waals surface area contributed by atoms with Crippen molar-refractivity contribution in [1.29, 1.82) is 0 Å². The van der Waals surface area contributed by atoms with E-state index in [0.717, 1.165) is 17.0 Å². The number of rotatable bonds is 5. The van der Waals surface area contributed by atoms with Gasteiger partial charge < -0.3 is 9.73 Å². The third-order valence-electron chi connectivity index (χ3n) is 5.01. The number of anilines is 1. The Morgan fingerprint density at radius 3 is 2.51 bits per heavy atom. The van der Waals surface area contributed by atoms with Crippen molar-refractivity contribution in [3.05, 3.63) is 83.6 Å². The molecule has 3 heterocycles. The lowest BCUT2D eigenvalue weighted by Crippen LogP contribution is -2.17. The number of nitrogens with one attached hydrogen (secondary N) is 1. The van der Waals surface area contributed by atoms with E-state index in [1.807, 2.05) is 0 Å². The van der Waals surface area contributed by atoms with Crippen LogP contribution in [0.4, 0.5) is 32.0 Å². The van der Waals surface area contributed by atoms with Crippen LogP contribution in [0.2, 0.25) is 0 Å². The Morgan fingerprint density at radius 2 is 1.86 bits per heavy atom. The minimum absolute atomic E-state index is 0.0712. The average molecular weight is 495 g/mol. The van der Waals surface area contributed by atoms with Crippen molar-refractivity contribution in [3.8, 4) is 11.6 Å². The summed E-state index contributed by atoms with van der Waals surface area (Å²) in [5.74, 6) is -0.560. The zero-order chi connectivity index (χ0) is 25.4. The zero-order valence-electron chi connectivity index (χ0n) is 17.7. The molecular formula is C22H15F6N5O2. The number of aromatic nitrogens is 4. The third kappa shape index (κ3) is 5.18. The van der Waals surface area contributed by atoms with Gasteiger partial charge in [-0.25, -0.2) is 4.98 Å². The van der Waals surface area contributed by atoms with Gasteiger partial charge in [-0.3, -0.25) is 14.5 Å². The zero-order valence-corrected chi connectivity index (χ0v) is 17.7. The summed E-state index contributed by atoms with van der Waals surface area (Å²) in [5.41, 5.74) is -2.79. The largest absolute Gasteiger partial charge is 0.442 e. The average Bonchev–Trinajstić information content (AvgIpc) is 3.48. The van der Waals surface area contributed by atoms with Gasteiger partial charge in [0, 0.05) is 12.4 Å². The van der Waals surface area contributed by atoms with Gasteiger partial charge in [0.05, 0.1) is 29.1 Å². The molecule has 1 N–H and O–H groups in total. The van der Waals surface area contributed by atoms with Gasteiger partial charge in [0.2, 0.25) is 5.89 Å². The summed E-state index contributed by atoms with van der Waals surface area (Å²) in [7, 11) is 0. The van der Waals surface area contributed by atoms with Crippen LogP contribution < -0.4 is 5.32 Å². The molecule has 3 aromatic heterocycles. The number of pyridine rings is 1. The van der Waals surface area contributed by atoms with Gasteiger partial charge >= 0.3 is 12.4 Å². The molecule has 0 saturated heterocycles. The van der Waals surface area contributed by atoms with Crippen molar-refractivity contribution >= 4 is 11.6 Å². The van der Waals surface area contributed by atoms with Crippen LogP contribution in [0.15, 0.2) is 65.7 Å².